The van der Waals surface area contributed by atoms with E-state index in [2.05, 4.69) is 38.2 Å². The summed E-state index contributed by atoms with van der Waals surface area (Å²) < 4.78 is 5.63. The van der Waals surface area contributed by atoms with Gasteiger partial charge in [0.15, 0.2) is 0 Å². The lowest BCUT2D eigenvalue weighted by molar-refractivity contribution is 0.388. The number of hydrogen-bond acceptors (Lipinski definition) is 3. The summed E-state index contributed by atoms with van der Waals surface area (Å²) in [4.78, 5) is 0. The Hall–Kier alpha value is -1.35. The van der Waals surface area contributed by atoms with Crippen molar-refractivity contribution in [1.29, 1.82) is 0 Å². The number of hydrogen-bond donors (Lipinski definition) is 2. The molecule has 1 aliphatic heterocycles. The molecule has 0 bridgehead atoms. The highest BCUT2D eigenvalue weighted by atomic mass is 35.5. The first-order valence-corrected chi connectivity index (χ1v) is 9.39. The minimum Gasteiger partial charge on any atom is -0.507 e. The van der Waals surface area contributed by atoms with E-state index >= 15 is 0 Å². The largest absolute Gasteiger partial charge is 0.507 e. The zero-order valence-electron chi connectivity index (χ0n) is 16.0. The van der Waals surface area contributed by atoms with Crippen molar-refractivity contribution >= 4 is 12.4 Å². The Morgan fingerprint density at radius 3 is 2.64 bits per heavy atom. The number of allylic oxidation sites excluding steroid dienone is 1. The lowest BCUT2D eigenvalue weighted by Crippen LogP contribution is -2.17. The zero-order chi connectivity index (χ0) is 17.5. The Bertz CT molecular complexity index is 559. The van der Waals surface area contributed by atoms with Crippen molar-refractivity contribution < 1.29 is 9.84 Å². The van der Waals surface area contributed by atoms with Crippen LogP contribution in [0.1, 0.15) is 75.8 Å². The van der Waals surface area contributed by atoms with Gasteiger partial charge >= 0.3 is 0 Å². The molecule has 1 heterocycles. The molecular weight excluding hydrogens is 334 g/mol. The molecule has 0 saturated carbocycles. The molecule has 2 rings (SSSR count). The number of unbranched alkanes of at least 4 members (excludes halogenated alkanes) is 2. The highest BCUT2D eigenvalue weighted by Gasteiger charge is 2.23. The normalized spacial score (nSPS) is 18.8. The highest BCUT2D eigenvalue weighted by Crippen LogP contribution is 2.41. The van der Waals surface area contributed by atoms with E-state index < -0.39 is 0 Å². The van der Waals surface area contributed by atoms with Crippen molar-refractivity contribution in [3.8, 4) is 11.5 Å². The predicted octanol–water partition coefficient (Wildman–Crippen LogP) is 5.73. The van der Waals surface area contributed by atoms with Crippen LogP contribution in [0.25, 0.3) is 0 Å². The van der Waals surface area contributed by atoms with Gasteiger partial charge in [-0.3, -0.25) is 0 Å². The molecule has 0 aromatic heterocycles. The summed E-state index contributed by atoms with van der Waals surface area (Å²) in [6.07, 6.45) is 10.1. The Morgan fingerprint density at radius 1 is 1.28 bits per heavy atom. The number of phenols is 1. The van der Waals surface area contributed by atoms with Crippen molar-refractivity contribution in [3.63, 3.8) is 0 Å². The Balaban J connectivity index is 0.00000312. The van der Waals surface area contributed by atoms with Crippen LogP contribution in [0.4, 0.5) is 0 Å². The van der Waals surface area contributed by atoms with Gasteiger partial charge in [0.2, 0.25) is 0 Å². The van der Waals surface area contributed by atoms with Gasteiger partial charge in [-0.2, -0.15) is 0 Å². The molecule has 142 valence electrons. The van der Waals surface area contributed by atoms with Crippen molar-refractivity contribution in [3.05, 3.63) is 35.5 Å². The summed E-state index contributed by atoms with van der Waals surface area (Å²) in [5, 5.41) is 13.9. The molecule has 0 amide bonds. The van der Waals surface area contributed by atoms with Crippen LogP contribution in [-0.4, -0.2) is 18.8 Å². The van der Waals surface area contributed by atoms with Crippen LogP contribution in [0.2, 0.25) is 0 Å². The topological polar surface area (TPSA) is 41.5 Å². The summed E-state index contributed by atoms with van der Waals surface area (Å²) in [6, 6.07) is 4.08. The van der Waals surface area contributed by atoms with E-state index in [9.17, 15) is 5.11 Å². The number of halogens is 1. The van der Waals surface area contributed by atoms with E-state index in [1.54, 1.807) is 7.11 Å². The predicted molar refractivity (Wildman–Crippen MR) is 108 cm³/mol. The maximum absolute atomic E-state index is 10.7. The minimum atomic E-state index is 0. The van der Waals surface area contributed by atoms with E-state index in [1.165, 1.54) is 31.2 Å². The minimum absolute atomic E-state index is 0. The number of nitrogens with one attached hydrogen (secondary N) is 1. The van der Waals surface area contributed by atoms with Gasteiger partial charge in [-0.1, -0.05) is 52.5 Å². The molecule has 0 spiro atoms. The summed E-state index contributed by atoms with van der Waals surface area (Å²) >= 11 is 0. The number of benzene rings is 1. The number of phenolic OH excluding ortho intramolecular Hbond substituents is 1. The monoisotopic (exact) mass is 367 g/mol. The molecule has 0 aliphatic carbocycles. The Labute approximate surface area is 159 Å². The van der Waals surface area contributed by atoms with E-state index in [4.69, 9.17) is 4.74 Å². The fourth-order valence-electron chi connectivity index (χ4n) is 3.58. The SMILES string of the molecule is CCCCCC(C)C(C)c1cc(O)c(C2C=CNCC2)c(OC)c1.Cl. The number of aromatic hydroxyl groups is 1. The van der Waals surface area contributed by atoms with Crippen LogP contribution in [0.3, 0.4) is 0 Å². The number of rotatable bonds is 8. The summed E-state index contributed by atoms with van der Waals surface area (Å²) in [5.74, 6) is 2.42. The molecule has 1 aliphatic rings. The van der Waals surface area contributed by atoms with E-state index in [0.717, 1.165) is 24.3 Å². The van der Waals surface area contributed by atoms with Gasteiger partial charge in [0.1, 0.15) is 11.5 Å². The first-order valence-electron chi connectivity index (χ1n) is 9.39. The zero-order valence-corrected chi connectivity index (χ0v) is 16.9. The van der Waals surface area contributed by atoms with Gasteiger partial charge in [-0.25, -0.2) is 0 Å². The summed E-state index contributed by atoms with van der Waals surface area (Å²) in [7, 11) is 1.70. The second kappa shape index (κ2) is 10.6. The van der Waals surface area contributed by atoms with Crippen LogP contribution in [-0.2, 0) is 0 Å². The first-order chi connectivity index (χ1) is 11.6. The fraction of sp³-hybridized carbons (Fsp3) is 0.619. The highest BCUT2D eigenvalue weighted by molar-refractivity contribution is 5.85. The Kier molecular flexibility index (Phi) is 9.20. The lowest BCUT2D eigenvalue weighted by atomic mass is 9.83. The molecule has 0 saturated heterocycles. The average molecular weight is 368 g/mol. The van der Waals surface area contributed by atoms with Crippen molar-refractivity contribution in [1.82, 2.24) is 5.32 Å². The van der Waals surface area contributed by atoms with Crippen LogP contribution in [0.5, 0.6) is 11.5 Å². The van der Waals surface area contributed by atoms with Crippen LogP contribution < -0.4 is 10.1 Å². The molecule has 3 atom stereocenters. The van der Waals surface area contributed by atoms with Gasteiger partial charge in [-0.05, 0) is 42.2 Å². The second-order valence-corrected chi connectivity index (χ2v) is 7.13. The molecule has 4 heteroatoms. The molecule has 0 radical (unpaired) electrons. The van der Waals surface area contributed by atoms with Gasteiger partial charge in [0.05, 0.1) is 7.11 Å². The molecule has 0 fully saturated rings. The summed E-state index contributed by atoms with van der Waals surface area (Å²) in [6.45, 7) is 7.74. The van der Waals surface area contributed by atoms with Crippen molar-refractivity contribution in [2.45, 2.75) is 64.7 Å². The molecule has 25 heavy (non-hydrogen) atoms. The van der Waals surface area contributed by atoms with Crippen LogP contribution in [0, 0.1) is 5.92 Å². The third kappa shape index (κ3) is 5.57. The number of ether oxygens (including phenoxy) is 1. The molecule has 1 aromatic rings. The lowest BCUT2D eigenvalue weighted by Gasteiger charge is -2.25. The maximum atomic E-state index is 10.7. The van der Waals surface area contributed by atoms with E-state index in [-0.39, 0.29) is 18.3 Å². The molecule has 2 N–H and O–H groups in total. The van der Waals surface area contributed by atoms with Crippen LogP contribution in [0.15, 0.2) is 24.4 Å². The van der Waals surface area contributed by atoms with Gasteiger partial charge in [0, 0.05) is 18.0 Å². The smallest absolute Gasteiger partial charge is 0.126 e. The van der Waals surface area contributed by atoms with Gasteiger partial charge < -0.3 is 15.2 Å². The van der Waals surface area contributed by atoms with Crippen LogP contribution >= 0.6 is 12.4 Å². The molecule has 3 unspecified atom stereocenters. The standard InChI is InChI=1S/C21H33NO2.ClH/c1-5-6-7-8-15(2)16(3)18-13-19(23)21(20(14-18)24-4)17-9-11-22-12-10-17;/h9,11,13-17,22-23H,5-8,10,12H2,1-4H3;1H. The van der Waals surface area contributed by atoms with E-state index in [0.29, 0.717) is 17.6 Å². The summed E-state index contributed by atoms with van der Waals surface area (Å²) in [5.41, 5.74) is 2.10. The van der Waals surface area contributed by atoms with Gasteiger partial charge in [0.25, 0.3) is 0 Å². The van der Waals surface area contributed by atoms with E-state index in [1.807, 2.05) is 12.3 Å². The van der Waals surface area contributed by atoms with Crippen molar-refractivity contribution in [2.75, 3.05) is 13.7 Å². The third-order valence-electron chi connectivity index (χ3n) is 5.42. The van der Waals surface area contributed by atoms with Crippen molar-refractivity contribution in [2.24, 2.45) is 5.92 Å². The van der Waals surface area contributed by atoms with Gasteiger partial charge in [-0.15, -0.1) is 12.4 Å². The molecule has 1 aromatic carbocycles. The fourth-order valence-corrected chi connectivity index (χ4v) is 3.58. The number of methoxy groups -OCH3 is 1. The maximum Gasteiger partial charge on any atom is 0.126 e. The molecule has 3 nitrogen and oxygen atoms in total. The molecular formula is C21H34ClNO2. The Morgan fingerprint density at radius 2 is 2.04 bits per heavy atom. The third-order valence-corrected chi connectivity index (χ3v) is 5.42. The first kappa shape index (κ1) is 21.7. The second-order valence-electron chi connectivity index (χ2n) is 7.13. The average Bonchev–Trinajstić information content (AvgIpc) is 2.61. The quantitative estimate of drug-likeness (QED) is 0.576.